The first-order valence-electron chi connectivity index (χ1n) is 7.64. The lowest BCUT2D eigenvalue weighted by atomic mass is 10.0. The number of nitrogens with zero attached hydrogens (tertiary/aromatic N) is 4. The number of Topliss-reactive ketones (excluding diaryl/α,β-unsaturated/α-hetero) is 1. The summed E-state index contributed by atoms with van der Waals surface area (Å²) in [6.45, 7) is 5.99. The third-order valence-electron chi connectivity index (χ3n) is 3.80. The van der Waals surface area contributed by atoms with Crippen molar-refractivity contribution in [1.29, 1.82) is 0 Å². The fourth-order valence-corrected chi connectivity index (χ4v) is 3.32. The van der Waals surface area contributed by atoms with Gasteiger partial charge in [0.15, 0.2) is 5.78 Å². The molecule has 0 fully saturated rings. The van der Waals surface area contributed by atoms with Crippen LogP contribution in [0.25, 0.3) is 5.69 Å². The maximum atomic E-state index is 12.5. The minimum absolute atomic E-state index is 0.0804. The number of ketones is 1. The van der Waals surface area contributed by atoms with E-state index < -0.39 is 0 Å². The van der Waals surface area contributed by atoms with E-state index >= 15 is 0 Å². The van der Waals surface area contributed by atoms with Gasteiger partial charge in [0, 0.05) is 5.56 Å². The molecule has 3 aromatic rings. The van der Waals surface area contributed by atoms with Gasteiger partial charge in [0.05, 0.1) is 11.4 Å². The third-order valence-corrected chi connectivity index (χ3v) is 4.72. The third kappa shape index (κ3) is 3.38. The summed E-state index contributed by atoms with van der Waals surface area (Å²) >= 11 is 1.35. The van der Waals surface area contributed by atoms with Gasteiger partial charge >= 0.3 is 0 Å². The molecular formula is C18H18N4OS. The van der Waals surface area contributed by atoms with Crippen LogP contribution in [0, 0.1) is 20.8 Å². The largest absolute Gasteiger partial charge is 0.293 e. The molecular weight excluding hydrogens is 320 g/mol. The Labute approximate surface area is 145 Å². The standard InChI is InChI=1S/C18H18N4OS/c1-12-8-9-15(14(3)10-12)17(23)11-24-18-19-20-21-22(18)16-7-5-4-6-13(16)2/h4-10H,11H2,1-3H3. The molecule has 0 amide bonds. The average molecular weight is 338 g/mol. The molecule has 0 aliphatic rings. The molecule has 0 bridgehead atoms. The molecule has 0 radical (unpaired) electrons. The molecule has 0 saturated heterocycles. The van der Waals surface area contributed by atoms with Gasteiger partial charge in [-0.15, -0.1) is 5.10 Å². The van der Waals surface area contributed by atoms with Crippen LogP contribution < -0.4 is 0 Å². The molecule has 3 rings (SSSR count). The van der Waals surface area contributed by atoms with Gasteiger partial charge in [-0.2, -0.15) is 4.68 Å². The van der Waals surface area contributed by atoms with E-state index in [9.17, 15) is 4.79 Å². The van der Waals surface area contributed by atoms with Crippen LogP contribution in [0.1, 0.15) is 27.0 Å². The first-order chi connectivity index (χ1) is 11.6. The van der Waals surface area contributed by atoms with Crippen LogP contribution in [0.5, 0.6) is 0 Å². The summed E-state index contributed by atoms with van der Waals surface area (Å²) in [5, 5.41) is 12.5. The van der Waals surface area contributed by atoms with Crippen molar-refractivity contribution in [1.82, 2.24) is 20.2 Å². The van der Waals surface area contributed by atoms with Crippen molar-refractivity contribution < 1.29 is 4.79 Å². The Morgan fingerprint density at radius 1 is 1.08 bits per heavy atom. The quantitative estimate of drug-likeness (QED) is 0.526. The lowest BCUT2D eigenvalue weighted by molar-refractivity contribution is 0.102. The van der Waals surface area contributed by atoms with Crippen LogP contribution in [0.3, 0.4) is 0 Å². The molecule has 6 heteroatoms. The van der Waals surface area contributed by atoms with Crippen molar-refractivity contribution in [2.45, 2.75) is 25.9 Å². The van der Waals surface area contributed by atoms with Crippen molar-refractivity contribution in [2.24, 2.45) is 0 Å². The summed E-state index contributed by atoms with van der Waals surface area (Å²) in [5.74, 6) is 0.382. The second kappa shape index (κ2) is 6.97. The van der Waals surface area contributed by atoms with Gasteiger partial charge in [0.25, 0.3) is 0 Å². The van der Waals surface area contributed by atoms with Gasteiger partial charge in [-0.3, -0.25) is 4.79 Å². The minimum atomic E-state index is 0.0804. The molecule has 0 saturated carbocycles. The molecule has 2 aromatic carbocycles. The van der Waals surface area contributed by atoms with Gasteiger partial charge in [-0.25, -0.2) is 0 Å². The Hall–Kier alpha value is -2.47. The molecule has 1 aromatic heterocycles. The number of para-hydroxylation sites is 1. The van der Waals surface area contributed by atoms with E-state index in [2.05, 4.69) is 15.5 Å². The normalized spacial score (nSPS) is 10.8. The predicted molar refractivity (Wildman–Crippen MR) is 94.9 cm³/mol. The number of benzene rings is 2. The molecule has 0 unspecified atom stereocenters. The molecule has 0 spiro atoms. The SMILES string of the molecule is Cc1ccc(C(=O)CSc2nnnn2-c2ccccc2C)c(C)c1. The smallest absolute Gasteiger partial charge is 0.214 e. The zero-order chi connectivity index (χ0) is 17.1. The zero-order valence-electron chi connectivity index (χ0n) is 13.9. The molecule has 0 N–H and O–H groups in total. The van der Waals surface area contributed by atoms with Crippen molar-refractivity contribution in [3.8, 4) is 5.69 Å². The van der Waals surface area contributed by atoms with Gasteiger partial charge in [-0.1, -0.05) is 53.7 Å². The van der Waals surface area contributed by atoms with Crippen molar-refractivity contribution in [3.05, 3.63) is 64.7 Å². The highest BCUT2D eigenvalue weighted by Gasteiger charge is 2.15. The monoisotopic (exact) mass is 338 g/mol. The Morgan fingerprint density at radius 3 is 2.62 bits per heavy atom. The van der Waals surface area contributed by atoms with E-state index in [0.717, 1.165) is 27.9 Å². The van der Waals surface area contributed by atoms with Crippen molar-refractivity contribution >= 4 is 17.5 Å². The van der Waals surface area contributed by atoms with Crippen molar-refractivity contribution in [3.63, 3.8) is 0 Å². The van der Waals surface area contributed by atoms with E-state index in [1.165, 1.54) is 11.8 Å². The molecule has 0 atom stereocenters. The lowest BCUT2D eigenvalue weighted by Gasteiger charge is -2.08. The van der Waals surface area contributed by atoms with E-state index in [0.29, 0.717) is 10.9 Å². The van der Waals surface area contributed by atoms with Crippen LogP contribution >= 0.6 is 11.8 Å². The maximum absolute atomic E-state index is 12.5. The van der Waals surface area contributed by atoms with Gasteiger partial charge in [0.2, 0.25) is 5.16 Å². The first kappa shape index (κ1) is 16.4. The molecule has 0 aliphatic heterocycles. The molecule has 122 valence electrons. The van der Waals surface area contributed by atoms with Crippen LogP contribution in [0.4, 0.5) is 0 Å². The minimum Gasteiger partial charge on any atom is -0.293 e. The number of carbonyl (C=O) groups excluding carboxylic acids is 1. The van der Waals surface area contributed by atoms with Crippen LogP contribution in [0.15, 0.2) is 47.6 Å². The van der Waals surface area contributed by atoms with Crippen LogP contribution in [0.2, 0.25) is 0 Å². The Bertz CT molecular complexity index is 888. The lowest BCUT2D eigenvalue weighted by Crippen LogP contribution is -2.07. The number of thioether (sulfide) groups is 1. The number of rotatable bonds is 5. The molecule has 24 heavy (non-hydrogen) atoms. The summed E-state index contributed by atoms with van der Waals surface area (Å²) in [5.41, 5.74) is 4.90. The summed E-state index contributed by atoms with van der Waals surface area (Å²) < 4.78 is 1.68. The molecule has 0 aliphatic carbocycles. The Morgan fingerprint density at radius 2 is 1.88 bits per heavy atom. The molecule has 1 heterocycles. The average Bonchev–Trinajstić information content (AvgIpc) is 3.01. The summed E-state index contributed by atoms with van der Waals surface area (Å²) in [6.07, 6.45) is 0. The fraction of sp³-hybridized carbons (Fsp3) is 0.222. The summed E-state index contributed by atoms with van der Waals surface area (Å²) in [7, 11) is 0. The topological polar surface area (TPSA) is 60.7 Å². The van der Waals surface area contributed by atoms with Crippen molar-refractivity contribution in [2.75, 3.05) is 5.75 Å². The second-order valence-electron chi connectivity index (χ2n) is 5.69. The van der Waals surface area contributed by atoms with E-state index in [1.54, 1.807) is 4.68 Å². The van der Waals surface area contributed by atoms with Crippen LogP contribution in [-0.2, 0) is 0 Å². The number of hydrogen-bond acceptors (Lipinski definition) is 5. The first-order valence-corrected chi connectivity index (χ1v) is 8.62. The van der Waals surface area contributed by atoms with Gasteiger partial charge in [0.1, 0.15) is 0 Å². The number of carbonyl (C=O) groups is 1. The summed E-state index contributed by atoms with van der Waals surface area (Å²) in [6, 6.07) is 13.8. The second-order valence-corrected chi connectivity index (χ2v) is 6.63. The molecule has 5 nitrogen and oxygen atoms in total. The van der Waals surface area contributed by atoms with Gasteiger partial charge < -0.3 is 0 Å². The highest BCUT2D eigenvalue weighted by molar-refractivity contribution is 7.99. The fourth-order valence-electron chi connectivity index (χ4n) is 2.56. The van der Waals surface area contributed by atoms with E-state index in [-0.39, 0.29) is 5.78 Å². The Balaban J connectivity index is 1.78. The van der Waals surface area contributed by atoms with Crippen LogP contribution in [-0.4, -0.2) is 31.7 Å². The summed E-state index contributed by atoms with van der Waals surface area (Å²) in [4.78, 5) is 12.5. The van der Waals surface area contributed by atoms with E-state index in [1.807, 2.05) is 63.2 Å². The highest BCUT2D eigenvalue weighted by atomic mass is 32.2. The number of aryl methyl sites for hydroxylation is 3. The number of tetrazole rings is 1. The maximum Gasteiger partial charge on any atom is 0.214 e. The van der Waals surface area contributed by atoms with Gasteiger partial charge in [-0.05, 0) is 48.4 Å². The van der Waals surface area contributed by atoms with E-state index in [4.69, 9.17) is 0 Å². The zero-order valence-corrected chi connectivity index (χ0v) is 14.7. The number of aromatic nitrogens is 4. The Kier molecular flexibility index (Phi) is 4.76. The number of hydrogen-bond donors (Lipinski definition) is 0. The highest BCUT2D eigenvalue weighted by Crippen LogP contribution is 2.22. The predicted octanol–water partition coefficient (Wildman–Crippen LogP) is 3.56.